The van der Waals surface area contributed by atoms with Crippen molar-refractivity contribution in [3.05, 3.63) is 0 Å². The third-order valence-corrected chi connectivity index (χ3v) is 8.46. The van der Waals surface area contributed by atoms with E-state index in [0.29, 0.717) is 23.2 Å². The topological polar surface area (TPSA) is 40.5 Å². The van der Waals surface area contributed by atoms with Crippen LogP contribution in [-0.2, 0) is 0 Å². The summed E-state index contributed by atoms with van der Waals surface area (Å²) >= 11 is 0. The van der Waals surface area contributed by atoms with Crippen LogP contribution in [0.5, 0.6) is 0 Å². The van der Waals surface area contributed by atoms with Crippen LogP contribution in [0, 0.1) is 34.5 Å². The van der Waals surface area contributed by atoms with Gasteiger partial charge in [0.15, 0.2) is 0 Å². The van der Waals surface area contributed by atoms with Crippen LogP contribution in [0.1, 0.15) is 71.6 Å². The Bertz CT molecular complexity index is 422. The molecule has 4 rings (SSSR count). The number of aliphatic hydroxyl groups is 2. The lowest BCUT2D eigenvalue weighted by Gasteiger charge is -2.61. The van der Waals surface area contributed by atoms with Crippen molar-refractivity contribution in [2.75, 3.05) is 0 Å². The smallest absolute Gasteiger partial charge is 0.0597 e. The molecule has 0 unspecified atom stereocenters. The molecule has 0 aliphatic heterocycles. The first-order chi connectivity index (χ1) is 9.97. The summed E-state index contributed by atoms with van der Waals surface area (Å²) in [6.45, 7) is 4.75. The summed E-state index contributed by atoms with van der Waals surface area (Å²) in [5.74, 6) is 2.66. The van der Waals surface area contributed by atoms with Crippen molar-refractivity contribution in [3.8, 4) is 0 Å². The number of fused-ring (bicyclic) bond motifs is 5. The normalized spacial score (nSPS) is 60.0. The van der Waals surface area contributed by atoms with E-state index in [-0.39, 0.29) is 17.6 Å². The zero-order valence-electron chi connectivity index (χ0n) is 13.7. The highest BCUT2D eigenvalue weighted by molar-refractivity contribution is 5.11. The maximum atomic E-state index is 11.0. The first-order valence-corrected chi connectivity index (χ1v) is 9.33. The van der Waals surface area contributed by atoms with Crippen LogP contribution >= 0.6 is 0 Å². The van der Waals surface area contributed by atoms with E-state index in [9.17, 15) is 10.2 Å². The van der Waals surface area contributed by atoms with Gasteiger partial charge in [-0.1, -0.05) is 26.7 Å². The van der Waals surface area contributed by atoms with Gasteiger partial charge in [0.05, 0.1) is 12.2 Å². The number of hydrogen-bond donors (Lipinski definition) is 2. The monoisotopic (exact) mass is 292 g/mol. The molecule has 0 radical (unpaired) electrons. The van der Waals surface area contributed by atoms with Crippen LogP contribution in [0.2, 0.25) is 0 Å². The molecule has 4 fully saturated rings. The van der Waals surface area contributed by atoms with Crippen molar-refractivity contribution in [2.24, 2.45) is 34.5 Å². The van der Waals surface area contributed by atoms with Gasteiger partial charge in [-0.2, -0.15) is 0 Å². The van der Waals surface area contributed by atoms with Gasteiger partial charge in [0.2, 0.25) is 0 Å². The van der Waals surface area contributed by atoms with E-state index in [1.54, 1.807) is 0 Å². The summed E-state index contributed by atoms with van der Waals surface area (Å²) in [5, 5.41) is 21.5. The second-order valence-electron chi connectivity index (χ2n) is 9.19. The third-order valence-electron chi connectivity index (χ3n) is 8.46. The first kappa shape index (κ1) is 14.5. The maximum absolute atomic E-state index is 11.0. The molecular weight excluding hydrogens is 260 g/mol. The highest BCUT2D eigenvalue weighted by atomic mass is 16.3. The van der Waals surface area contributed by atoms with Gasteiger partial charge in [-0.25, -0.2) is 0 Å². The van der Waals surface area contributed by atoms with Crippen molar-refractivity contribution in [2.45, 2.75) is 83.8 Å². The van der Waals surface area contributed by atoms with Gasteiger partial charge in [-0.15, -0.1) is 0 Å². The molecule has 0 amide bonds. The minimum Gasteiger partial charge on any atom is -0.393 e. The van der Waals surface area contributed by atoms with Crippen LogP contribution in [0.25, 0.3) is 0 Å². The van der Waals surface area contributed by atoms with Gasteiger partial charge in [-0.3, -0.25) is 0 Å². The van der Waals surface area contributed by atoms with Gasteiger partial charge < -0.3 is 10.2 Å². The second kappa shape index (κ2) is 4.71. The molecular formula is C19H32O2. The Morgan fingerprint density at radius 2 is 1.67 bits per heavy atom. The van der Waals surface area contributed by atoms with Gasteiger partial charge in [-0.05, 0) is 79.4 Å². The van der Waals surface area contributed by atoms with Crippen LogP contribution in [0.3, 0.4) is 0 Å². The molecule has 21 heavy (non-hydrogen) atoms. The molecule has 0 aromatic carbocycles. The van der Waals surface area contributed by atoms with Gasteiger partial charge in [0.25, 0.3) is 0 Å². The predicted molar refractivity (Wildman–Crippen MR) is 83.7 cm³/mol. The summed E-state index contributed by atoms with van der Waals surface area (Å²) in [4.78, 5) is 0. The van der Waals surface area contributed by atoms with Crippen molar-refractivity contribution in [3.63, 3.8) is 0 Å². The predicted octanol–water partition coefficient (Wildman–Crippen LogP) is 3.75. The number of rotatable bonds is 0. The van der Waals surface area contributed by atoms with E-state index in [1.807, 2.05) is 0 Å². The maximum Gasteiger partial charge on any atom is 0.0597 e. The third kappa shape index (κ3) is 1.84. The molecule has 0 saturated heterocycles. The molecule has 2 nitrogen and oxygen atoms in total. The molecule has 4 aliphatic rings. The average Bonchev–Trinajstić information content (AvgIpc) is 2.73. The van der Waals surface area contributed by atoms with Crippen LogP contribution in [0.4, 0.5) is 0 Å². The molecule has 0 bridgehead atoms. The van der Waals surface area contributed by atoms with E-state index < -0.39 is 0 Å². The fourth-order valence-corrected chi connectivity index (χ4v) is 7.39. The zero-order valence-corrected chi connectivity index (χ0v) is 13.7. The highest BCUT2D eigenvalue weighted by Crippen LogP contribution is 2.66. The fraction of sp³-hybridized carbons (Fsp3) is 1.00. The Kier molecular flexibility index (Phi) is 3.25. The van der Waals surface area contributed by atoms with E-state index >= 15 is 0 Å². The fourth-order valence-electron chi connectivity index (χ4n) is 7.39. The molecule has 2 heteroatoms. The van der Waals surface area contributed by atoms with E-state index in [4.69, 9.17) is 0 Å². The standard InChI is InChI=1S/C19H32O2/c1-18-10-4-3-5-12(18)6-7-13-14-8-9-16(21)19(14,2)11-15(20)17(13)18/h12-17,20-21H,3-11H2,1-2H3/t12-,13-,14-,15+,16-,17+,18+,19+/m1/s1. The lowest BCUT2D eigenvalue weighted by molar-refractivity contribution is -0.175. The molecule has 2 N–H and O–H groups in total. The van der Waals surface area contributed by atoms with Gasteiger partial charge >= 0.3 is 0 Å². The minimum atomic E-state index is -0.185. The Morgan fingerprint density at radius 3 is 2.48 bits per heavy atom. The summed E-state index contributed by atoms with van der Waals surface area (Å²) in [5.41, 5.74) is 0.355. The zero-order chi connectivity index (χ0) is 14.8. The molecule has 8 atom stereocenters. The molecule has 4 aliphatic carbocycles. The summed E-state index contributed by atoms with van der Waals surface area (Å²) in [6.07, 6.45) is 10.7. The van der Waals surface area contributed by atoms with Crippen LogP contribution in [0.15, 0.2) is 0 Å². The Hall–Kier alpha value is -0.0800. The van der Waals surface area contributed by atoms with Crippen LogP contribution < -0.4 is 0 Å². The minimum absolute atomic E-state index is 0.0154. The summed E-state index contributed by atoms with van der Waals surface area (Å²) in [7, 11) is 0. The van der Waals surface area contributed by atoms with Crippen LogP contribution in [-0.4, -0.2) is 22.4 Å². The Morgan fingerprint density at radius 1 is 0.857 bits per heavy atom. The second-order valence-corrected chi connectivity index (χ2v) is 9.19. The lowest BCUT2D eigenvalue weighted by Crippen LogP contribution is -2.58. The largest absolute Gasteiger partial charge is 0.393 e. The van der Waals surface area contributed by atoms with E-state index in [1.165, 1.54) is 44.9 Å². The molecule has 0 spiro atoms. The lowest BCUT2D eigenvalue weighted by atomic mass is 9.44. The van der Waals surface area contributed by atoms with E-state index in [2.05, 4.69) is 13.8 Å². The Balaban J connectivity index is 1.70. The molecule has 120 valence electrons. The molecule has 0 aromatic rings. The van der Waals surface area contributed by atoms with E-state index in [0.717, 1.165) is 18.8 Å². The van der Waals surface area contributed by atoms with Gasteiger partial charge in [0, 0.05) is 0 Å². The van der Waals surface area contributed by atoms with Gasteiger partial charge in [0.1, 0.15) is 0 Å². The quantitative estimate of drug-likeness (QED) is 0.714. The average molecular weight is 292 g/mol. The van der Waals surface area contributed by atoms with Crippen molar-refractivity contribution < 1.29 is 10.2 Å². The Labute approximate surface area is 129 Å². The SMILES string of the molecule is C[C@]12CCCC[C@@H]1CC[C@H]1[C@H]2[C@@H](O)C[C@]2(C)[C@H](O)CC[C@H]12. The summed E-state index contributed by atoms with van der Waals surface area (Å²) in [6, 6.07) is 0. The highest BCUT2D eigenvalue weighted by Gasteiger charge is 2.62. The van der Waals surface area contributed by atoms with Crippen molar-refractivity contribution >= 4 is 0 Å². The molecule has 4 saturated carbocycles. The number of aliphatic hydroxyl groups excluding tert-OH is 2. The molecule has 0 aromatic heterocycles. The molecule has 0 heterocycles. The summed E-state index contributed by atoms with van der Waals surface area (Å²) < 4.78 is 0. The number of hydrogen-bond acceptors (Lipinski definition) is 2. The first-order valence-electron chi connectivity index (χ1n) is 9.33. The van der Waals surface area contributed by atoms with Crippen molar-refractivity contribution in [1.29, 1.82) is 0 Å². The van der Waals surface area contributed by atoms with Crippen molar-refractivity contribution in [1.82, 2.24) is 0 Å².